The summed E-state index contributed by atoms with van der Waals surface area (Å²) in [6.45, 7) is 4.20. The van der Waals surface area contributed by atoms with Crippen molar-refractivity contribution in [3.8, 4) is 0 Å². The maximum atomic E-state index is 13.0. The number of carbonyl (C=O) groups excluding carboxylic acids is 1. The number of likely N-dealkylation sites (tertiary alicyclic amines) is 1. The van der Waals surface area contributed by atoms with E-state index in [4.69, 9.17) is 0 Å². The molecule has 24 heavy (non-hydrogen) atoms. The molecule has 1 amide bonds. The van der Waals surface area contributed by atoms with Crippen LogP contribution in [0.1, 0.15) is 61.4 Å². The number of aryl methyl sites for hydroxylation is 2. The smallest absolute Gasteiger partial charge is 0.233 e. The number of carbonyl (C=O) groups is 1. The number of fused-ring (bicyclic) bond motifs is 1. The van der Waals surface area contributed by atoms with E-state index in [2.05, 4.69) is 30.7 Å². The maximum Gasteiger partial charge on any atom is 0.233 e. The predicted molar refractivity (Wildman–Crippen MR) is 84.1 cm³/mol. The van der Waals surface area contributed by atoms with Gasteiger partial charge in [-0.05, 0) is 43.0 Å². The van der Waals surface area contributed by atoms with Gasteiger partial charge in [-0.1, -0.05) is 6.42 Å². The third-order valence-corrected chi connectivity index (χ3v) is 5.07. The van der Waals surface area contributed by atoms with Gasteiger partial charge >= 0.3 is 0 Å². The summed E-state index contributed by atoms with van der Waals surface area (Å²) in [7, 11) is 0. The first kappa shape index (κ1) is 15.2. The van der Waals surface area contributed by atoms with E-state index in [0.29, 0.717) is 5.92 Å². The number of nitrogens with zero attached hydrogens (tertiary/aromatic N) is 7. The van der Waals surface area contributed by atoms with Gasteiger partial charge in [-0.25, -0.2) is 9.67 Å². The monoisotopic (exact) mass is 330 g/mol. The Balaban J connectivity index is 1.43. The van der Waals surface area contributed by atoms with Crippen LogP contribution in [0.25, 0.3) is 0 Å². The van der Waals surface area contributed by atoms with Crippen molar-refractivity contribution in [2.24, 2.45) is 0 Å². The second-order valence-corrected chi connectivity index (χ2v) is 6.69. The van der Waals surface area contributed by atoms with Gasteiger partial charge in [0, 0.05) is 25.6 Å². The number of amides is 1. The Morgan fingerprint density at radius 2 is 2.00 bits per heavy atom. The van der Waals surface area contributed by atoms with Crippen LogP contribution >= 0.6 is 0 Å². The van der Waals surface area contributed by atoms with Gasteiger partial charge in [-0.3, -0.25) is 9.89 Å². The average Bonchev–Trinajstić information content (AvgIpc) is 3.20. The molecule has 0 unspecified atom stereocenters. The average molecular weight is 330 g/mol. The lowest BCUT2D eigenvalue weighted by atomic mass is 9.94. The van der Waals surface area contributed by atoms with Crippen LogP contribution < -0.4 is 0 Å². The standard InChI is InChI=1S/C15H22N8O/c1-10-16-13(18-17-10)11-5-8-22(9-6-11)15(24)12-4-2-3-7-23-14(12)19-20-21-23/h11-12H,2-9H2,1H3,(H,16,17,18)/t12-/m0/s1. The number of tetrazole rings is 1. The highest BCUT2D eigenvalue weighted by atomic mass is 16.2. The van der Waals surface area contributed by atoms with Crippen molar-refractivity contribution in [1.29, 1.82) is 0 Å². The minimum atomic E-state index is -0.204. The molecule has 2 aliphatic heterocycles. The first-order chi connectivity index (χ1) is 11.7. The summed E-state index contributed by atoms with van der Waals surface area (Å²) in [5, 5.41) is 19.0. The van der Waals surface area contributed by atoms with E-state index in [0.717, 1.165) is 69.2 Å². The molecule has 4 rings (SSSR count). The van der Waals surface area contributed by atoms with E-state index in [9.17, 15) is 4.79 Å². The number of rotatable bonds is 2. The molecule has 2 aromatic heterocycles. The van der Waals surface area contributed by atoms with Crippen LogP contribution in [0.5, 0.6) is 0 Å². The third kappa shape index (κ3) is 2.78. The summed E-state index contributed by atoms with van der Waals surface area (Å²) >= 11 is 0. The van der Waals surface area contributed by atoms with E-state index in [1.165, 1.54) is 0 Å². The van der Waals surface area contributed by atoms with Gasteiger partial charge in [0.25, 0.3) is 0 Å². The molecular formula is C15H22N8O. The van der Waals surface area contributed by atoms with Crippen molar-refractivity contribution in [3.63, 3.8) is 0 Å². The topological polar surface area (TPSA) is 105 Å². The fraction of sp³-hybridized carbons (Fsp3) is 0.733. The molecule has 2 aliphatic rings. The van der Waals surface area contributed by atoms with Gasteiger partial charge in [-0.2, -0.15) is 5.10 Å². The molecule has 0 bridgehead atoms. The lowest BCUT2D eigenvalue weighted by Crippen LogP contribution is -2.41. The molecule has 1 N–H and O–H groups in total. The molecule has 4 heterocycles. The molecular weight excluding hydrogens is 308 g/mol. The summed E-state index contributed by atoms with van der Waals surface area (Å²) in [6.07, 6.45) is 4.68. The molecule has 0 radical (unpaired) electrons. The summed E-state index contributed by atoms with van der Waals surface area (Å²) in [5.74, 6) is 2.73. The largest absolute Gasteiger partial charge is 0.342 e. The maximum absolute atomic E-state index is 13.0. The summed E-state index contributed by atoms with van der Waals surface area (Å²) in [5.41, 5.74) is 0. The van der Waals surface area contributed by atoms with Crippen LogP contribution in [0.4, 0.5) is 0 Å². The summed E-state index contributed by atoms with van der Waals surface area (Å²) < 4.78 is 1.79. The number of nitrogens with one attached hydrogen (secondary N) is 1. The number of H-pyrrole nitrogens is 1. The zero-order valence-electron chi connectivity index (χ0n) is 13.9. The lowest BCUT2D eigenvalue weighted by molar-refractivity contribution is -0.134. The predicted octanol–water partition coefficient (Wildman–Crippen LogP) is 0.773. The third-order valence-electron chi connectivity index (χ3n) is 5.07. The normalized spacial score (nSPS) is 22.2. The van der Waals surface area contributed by atoms with Gasteiger partial charge in [-0.15, -0.1) is 5.10 Å². The zero-order valence-corrected chi connectivity index (χ0v) is 13.9. The fourth-order valence-electron chi connectivity index (χ4n) is 3.71. The lowest BCUT2D eigenvalue weighted by Gasteiger charge is -2.32. The van der Waals surface area contributed by atoms with Crippen molar-refractivity contribution >= 4 is 5.91 Å². The Bertz CT molecular complexity index is 715. The quantitative estimate of drug-likeness (QED) is 0.872. The first-order valence-electron chi connectivity index (χ1n) is 8.66. The second kappa shape index (κ2) is 6.29. The number of hydrogen-bond acceptors (Lipinski definition) is 6. The van der Waals surface area contributed by atoms with Crippen molar-refractivity contribution < 1.29 is 4.79 Å². The van der Waals surface area contributed by atoms with Gasteiger partial charge in [0.05, 0.1) is 5.92 Å². The zero-order chi connectivity index (χ0) is 16.5. The molecule has 1 fully saturated rings. The Kier molecular flexibility index (Phi) is 3.99. The molecule has 9 heteroatoms. The molecule has 2 aromatic rings. The minimum Gasteiger partial charge on any atom is -0.342 e. The van der Waals surface area contributed by atoms with Crippen LogP contribution in [0, 0.1) is 6.92 Å². The van der Waals surface area contributed by atoms with Crippen LogP contribution in [0.2, 0.25) is 0 Å². The summed E-state index contributed by atoms with van der Waals surface area (Å²) in [4.78, 5) is 19.4. The Morgan fingerprint density at radius 3 is 2.75 bits per heavy atom. The highest BCUT2D eigenvalue weighted by molar-refractivity contribution is 5.83. The van der Waals surface area contributed by atoms with Crippen molar-refractivity contribution in [3.05, 3.63) is 17.5 Å². The number of aromatic amines is 1. The van der Waals surface area contributed by atoms with Gasteiger partial charge in [0.15, 0.2) is 11.6 Å². The molecule has 0 saturated carbocycles. The molecule has 128 valence electrons. The molecule has 0 spiro atoms. The van der Waals surface area contributed by atoms with Crippen LogP contribution in [-0.4, -0.2) is 59.3 Å². The van der Waals surface area contributed by atoms with Crippen LogP contribution in [-0.2, 0) is 11.3 Å². The van der Waals surface area contributed by atoms with Crippen molar-refractivity contribution in [1.82, 2.24) is 40.3 Å². The molecule has 1 atom stereocenters. The molecule has 0 aliphatic carbocycles. The number of hydrogen-bond donors (Lipinski definition) is 1. The minimum absolute atomic E-state index is 0.164. The Hall–Kier alpha value is -2.32. The summed E-state index contributed by atoms with van der Waals surface area (Å²) in [6, 6.07) is 0. The van der Waals surface area contributed by atoms with E-state index < -0.39 is 0 Å². The van der Waals surface area contributed by atoms with E-state index >= 15 is 0 Å². The Morgan fingerprint density at radius 1 is 1.17 bits per heavy atom. The van der Waals surface area contributed by atoms with Gasteiger partial charge in [0.1, 0.15) is 5.82 Å². The number of aromatic nitrogens is 7. The molecule has 1 saturated heterocycles. The van der Waals surface area contributed by atoms with Crippen LogP contribution in [0.3, 0.4) is 0 Å². The van der Waals surface area contributed by atoms with Gasteiger partial charge < -0.3 is 4.90 Å². The van der Waals surface area contributed by atoms with Gasteiger partial charge in [0.2, 0.25) is 5.91 Å². The van der Waals surface area contributed by atoms with E-state index in [1.54, 1.807) is 4.68 Å². The highest BCUT2D eigenvalue weighted by Gasteiger charge is 2.34. The highest BCUT2D eigenvalue weighted by Crippen LogP contribution is 2.30. The Labute approximate surface area is 139 Å². The fourth-order valence-corrected chi connectivity index (χ4v) is 3.71. The van der Waals surface area contributed by atoms with Crippen molar-refractivity contribution in [2.75, 3.05) is 13.1 Å². The van der Waals surface area contributed by atoms with E-state index in [-0.39, 0.29) is 11.8 Å². The van der Waals surface area contributed by atoms with Crippen molar-refractivity contribution in [2.45, 2.75) is 57.4 Å². The number of piperidine rings is 1. The van der Waals surface area contributed by atoms with Crippen LogP contribution in [0.15, 0.2) is 0 Å². The van der Waals surface area contributed by atoms with E-state index in [1.807, 2.05) is 11.8 Å². The molecule has 0 aromatic carbocycles. The first-order valence-corrected chi connectivity index (χ1v) is 8.66. The molecule has 9 nitrogen and oxygen atoms in total. The second-order valence-electron chi connectivity index (χ2n) is 6.69. The SMILES string of the molecule is Cc1nc(C2CCN(C(=O)[C@H]3CCCCn4nnnc43)CC2)n[nH]1.